The summed E-state index contributed by atoms with van der Waals surface area (Å²) >= 11 is 0. The molecule has 2 aromatic carbocycles. The molecule has 0 aliphatic rings. The van der Waals surface area contributed by atoms with Crippen LogP contribution in [-0.4, -0.2) is 19.3 Å². The summed E-state index contributed by atoms with van der Waals surface area (Å²) in [6.45, 7) is 4.10. The van der Waals surface area contributed by atoms with Gasteiger partial charge in [0.1, 0.15) is 5.75 Å². The fraction of sp³-hybridized carbons (Fsp3) is 0.375. The fourth-order valence-electron chi connectivity index (χ4n) is 2.52. The van der Waals surface area contributed by atoms with Crippen LogP contribution >= 0.6 is 0 Å². The molecule has 0 amide bonds. The first kappa shape index (κ1) is 13.5. The van der Waals surface area contributed by atoms with E-state index in [0.717, 1.165) is 40.5 Å². The van der Waals surface area contributed by atoms with Crippen LogP contribution in [0.1, 0.15) is 24.5 Å². The van der Waals surface area contributed by atoms with Gasteiger partial charge in [-0.3, -0.25) is 0 Å². The highest BCUT2D eigenvalue weighted by Gasteiger charge is 2.16. The molecule has 0 bridgehead atoms. The Kier molecular flexibility index (Phi) is 3.84. The number of phenols is 1. The molecule has 0 aliphatic carbocycles. The third-order valence-corrected chi connectivity index (χ3v) is 3.32. The normalized spacial score (nSPS) is 10.7. The highest BCUT2D eigenvalue weighted by molar-refractivity contribution is 5.95. The average Bonchev–Trinajstić information content (AvgIpc) is 2.39. The van der Waals surface area contributed by atoms with E-state index in [2.05, 4.69) is 13.0 Å². The summed E-state index contributed by atoms with van der Waals surface area (Å²) in [6, 6.07) is 5.69. The summed E-state index contributed by atoms with van der Waals surface area (Å²) in [4.78, 5) is 0. The molecule has 2 rings (SSSR count). The predicted octanol–water partition coefficient (Wildman–Crippen LogP) is 3.82. The third-order valence-electron chi connectivity index (χ3n) is 3.32. The van der Waals surface area contributed by atoms with Crippen LogP contribution in [0.3, 0.4) is 0 Å². The molecule has 0 fully saturated rings. The molecule has 2 aromatic rings. The predicted molar refractivity (Wildman–Crippen MR) is 77.4 cm³/mol. The van der Waals surface area contributed by atoms with Crippen LogP contribution in [0.15, 0.2) is 18.2 Å². The number of methoxy groups -OCH3 is 2. The number of fused-ring (bicyclic) bond motifs is 1. The van der Waals surface area contributed by atoms with Gasteiger partial charge in [0, 0.05) is 10.9 Å². The topological polar surface area (TPSA) is 38.7 Å². The maximum absolute atomic E-state index is 10.1. The van der Waals surface area contributed by atoms with Crippen molar-refractivity contribution in [3.8, 4) is 17.2 Å². The molecular formula is C16H20O3. The van der Waals surface area contributed by atoms with Gasteiger partial charge < -0.3 is 14.6 Å². The largest absolute Gasteiger partial charge is 0.507 e. The van der Waals surface area contributed by atoms with Crippen LogP contribution in [0.4, 0.5) is 0 Å². The molecule has 0 radical (unpaired) electrons. The van der Waals surface area contributed by atoms with Gasteiger partial charge in [-0.1, -0.05) is 19.4 Å². The van der Waals surface area contributed by atoms with E-state index in [4.69, 9.17) is 9.47 Å². The number of hydrogen-bond acceptors (Lipinski definition) is 3. The van der Waals surface area contributed by atoms with Crippen LogP contribution in [0.2, 0.25) is 0 Å². The van der Waals surface area contributed by atoms with Crippen LogP contribution < -0.4 is 9.47 Å². The number of rotatable bonds is 4. The molecule has 0 unspecified atom stereocenters. The van der Waals surface area contributed by atoms with Crippen molar-refractivity contribution in [2.75, 3.05) is 14.2 Å². The van der Waals surface area contributed by atoms with Gasteiger partial charge in [-0.15, -0.1) is 0 Å². The van der Waals surface area contributed by atoms with Gasteiger partial charge in [0.2, 0.25) is 0 Å². The lowest BCUT2D eigenvalue weighted by atomic mass is 9.97. The van der Waals surface area contributed by atoms with E-state index in [9.17, 15) is 5.11 Å². The van der Waals surface area contributed by atoms with Crippen molar-refractivity contribution in [2.24, 2.45) is 0 Å². The summed E-state index contributed by atoms with van der Waals surface area (Å²) in [5, 5.41) is 12.0. The Balaban J connectivity index is 2.87. The Morgan fingerprint density at radius 3 is 2.37 bits per heavy atom. The van der Waals surface area contributed by atoms with E-state index < -0.39 is 0 Å². The average molecular weight is 260 g/mol. The minimum Gasteiger partial charge on any atom is -0.507 e. The SMILES string of the molecule is CCCc1c(OC)c(OC)cc2c(O)cc(C)cc12. The Morgan fingerprint density at radius 1 is 1.05 bits per heavy atom. The van der Waals surface area contributed by atoms with Gasteiger partial charge in [0.25, 0.3) is 0 Å². The second kappa shape index (κ2) is 5.39. The monoisotopic (exact) mass is 260 g/mol. The lowest BCUT2D eigenvalue weighted by Crippen LogP contribution is -1.98. The highest BCUT2D eigenvalue weighted by Crippen LogP contribution is 2.41. The third kappa shape index (κ3) is 2.33. The van der Waals surface area contributed by atoms with Gasteiger partial charge >= 0.3 is 0 Å². The zero-order valence-corrected chi connectivity index (χ0v) is 11.9. The van der Waals surface area contributed by atoms with Crippen LogP contribution in [0.5, 0.6) is 17.2 Å². The molecule has 3 heteroatoms. The molecule has 0 aromatic heterocycles. The van der Waals surface area contributed by atoms with Crippen molar-refractivity contribution >= 4 is 10.8 Å². The van der Waals surface area contributed by atoms with Crippen molar-refractivity contribution in [1.82, 2.24) is 0 Å². The Labute approximate surface area is 113 Å². The molecule has 19 heavy (non-hydrogen) atoms. The van der Waals surface area contributed by atoms with Gasteiger partial charge in [-0.05, 0) is 36.4 Å². The summed E-state index contributed by atoms with van der Waals surface area (Å²) < 4.78 is 10.9. The van der Waals surface area contributed by atoms with Gasteiger partial charge in [0.15, 0.2) is 11.5 Å². The van der Waals surface area contributed by atoms with Crippen molar-refractivity contribution in [3.63, 3.8) is 0 Å². The first-order chi connectivity index (χ1) is 9.12. The first-order valence-electron chi connectivity index (χ1n) is 6.49. The number of aryl methyl sites for hydroxylation is 2. The summed E-state index contributed by atoms with van der Waals surface area (Å²) in [6.07, 6.45) is 1.90. The summed E-state index contributed by atoms with van der Waals surface area (Å²) in [5.74, 6) is 1.72. The van der Waals surface area contributed by atoms with Crippen LogP contribution in [-0.2, 0) is 6.42 Å². The Morgan fingerprint density at radius 2 is 1.79 bits per heavy atom. The molecular weight excluding hydrogens is 240 g/mol. The van der Waals surface area contributed by atoms with E-state index >= 15 is 0 Å². The standard InChI is InChI=1S/C16H20O3/c1-5-6-11-12-7-10(2)8-14(17)13(12)9-15(18-3)16(11)19-4/h7-9,17H,5-6H2,1-4H3. The Bertz CT molecular complexity index is 603. The molecule has 0 aliphatic heterocycles. The van der Waals surface area contributed by atoms with Crippen molar-refractivity contribution in [1.29, 1.82) is 0 Å². The van der Waals surface area contributed by atoms with Crippen LogP contribution in [0.25, 0.3) is 10.8 Å². The highest BCUT2D eigenvalue weighted by atomic mass is 16.5. The van der Waals surface area contributed by atoms with Crippen LogP contribution in [0, 0.1) is 6.92 Å². The number of benzene rings is 2. The smallest absolute Gasteiger partial charge is 0.164 e. The maximum Gasteiger partial charge on any atom is 0.164 e. The van der Waals surface area contributed by atoms with Crippen molar-refractivity contribution in [2.45, 2.75) is 26.7 Å². The van der Waals surface area contributed by atoms with E-state index in [1.54, 1.807) is 20.3 Å². The zero-order chi connectivity index (χ0) is 14.0. The second-order valence-corrected chi connectivity index (χ2v) is 4.72. The minimum atomic E-state index is 0.285. The molecule has 0 heterocycles. The van der Waals surface area contributed by atoms with Crippen molar-refractivity contribution < 1.29 is 14.6 Å². The quantitative estimate of drug-likeness (QED) is 0.908. The molecule has 1 N–H and O–H groups in total. The molecule has 0 spiro atoms. The second-order valence-electron chi connectivity index (χ2n) is 4.72. The first-order valence-corrected chi connectivity index (χ1v) is 6.49. The van der Waals surface area contributed by atoms with E-state index in [-0.39, 0.29) is 5.75 Å². The fourth-order valence-corrected chi connectivity index (χ4v) is 2.52. The van der Waals surface area contributed by atoms with Crippen molar-refractivity contribution in [3.05, 3.63) is 29.3 Å². The number of hydrogen-bond donors (Lipinski definition) is 1. The zero-order valence-electron chi connectivity index (χ0n) is 11.9. The number of ether oxygens (including phenoxy) is 2. The Hall–Kier alpha value is -1.90. The number of phenolic OH excluding ortho intramolecular Hbond substituents is 1. The number of aromatic hydroxyl groups is 1. The maximum atomic E-state index is 10.1. The molecule has 102 valence electrons. The minimum absolute atomic E-state index is 0.285. The van der Waals surface area contributed by atoms with Gasteiger partial charge in [-0.2, -0.15) is 0 Å². The summed E-state index contributed by atoms with van der Waals surface area (Å²) in [7, 11) is 3.27. The van der Waals surface area contributed by atoms with Gasteiger partial charge in [-0.25, -0.2) is 0 Å². The van der Waals surface area contributed by atoms with E-state index in [1.807, 2.05) is 13.0 Å². The molecule has 0 saturated carbocycles. The lowest BCUT2D eigenvalue weighted by molar-refractivity contribution is 0.352. The molecule has 3 nitrogen and oxygen atoms in total. The summed E-state index contributed by atoms with van der Waals surface area (Å²) in [5.41, 5.74) is 2.13. The molecule has 0 saturated heterocycles. The molecule has 0 atom stereocenters. The van der Waals surface area contributed by atoms with Gasteiger partial charge in [0.05, 0.1) is 14.2 Å². The van der Waals surface area contributed by atoms with E-state index in [1.165, 1.54) is 0 Å². The van der Waals surface area contributed by atoms with E-state index in [0.29, 0.717) is 5.75 Å². The lowest BCUT2D eigenvalue weighted by Gasteiger charge is -2.16.